The minimum Gasteiger partial charge on any atom is -0.300 e. The van der Waals surface area contributed by atoms with E-state index < -0.39 is 0 Å². The summed E-state index contributed by atoms with van der Waals surface area (Å²) in [6, 6.07) is 10.2. The molecule has 1 aliphatic carbocycles. The van der Waals surface area contributed by atoms with E-state index in [2.05, 4.69) is 15.4 Å². The topological polar surface area (TPSA) is 76.9 Å². The second-order valence-electron chi connectivity index (χ2n) is 6.01. The van der Waals surface area contributed by atoms with Crippen LogP contribution in [0.5, 0.6) is 0 Å². The van der Waals surface area contributed by atoms with E-state index in [-0.39, 0.29) is 18.0 Å². The highest BCUT2D eigenvalue weighted by Gasteiger charge is 2.18. The summed E-state index contributed by atoms with van der Waals surface area (Å²) < 4.78 is 1.15. The molecule has 1 N–H and O–H groups in total. The molecule has 0 unspecified atom stereocenters. The number of nitrogens with zero attached hydrogens (tertiary/aromatic N) is 3. The third-order valence-corrected chi connectivity index (χ3v) is 5.47. The largest absolute Gasteiger partial charge is 0.300 e. The first-order chi connectivity index (χ1) is 12.6. The lowest BCUT2D eigenvalue weighted by molar-refractivity contribution is -0.117. The van der Waals surface area contributed by atoms with Crippen LogP contribution in [0.15, 0.2) is 41.2 Å². The van der Waals surface area contributed by atoms with Crippen LogP contribution in [0.1, 0.15) is 17.0 Å². The van der Waals surface area contributed by atoms with Crippen LogP contribution in [0.2, 0.25) is 5.02 Å². The molecule has 8 heteroatoms. The zero-order valence-corrected chi connectivity index (χ0v) is 15.3. The molecule has 6 nitrogen and oxygen atoms in total. The maximum Gasteiger partial charge on any atom is 0.267 e. The van der Waals surface area contributed by atoms with Crippen LogP contribution < -0.4 is 10.9 Å². The molecule has 2 heterocycles. The summed E-state index contributed by atoms with van der Waals surface area (Å²) in [6.07, 6.45) is 3.11. The minimum absolute atomic E-state index is 0.162. The van der Waals surface area contributed by atoms with E-state index in [1.54, 1.807) is 18.2 Å². The molecule has 4 rings (SSSR count). The van der Waals surface area contributed by atoms with Crippen molar-refractivity contribution in [2.24, 2.45) is 0 Å². The molecule has 1 aliphatic rings. The number of amides is 1. The number of halogens is 1. The Hall–Kier alpha value is -2.51. The van der Waals surface area contributed by atoms with Gasteiger partial charge in [-0.25, -0.2) is 9.67 Å². The Labute approximate surface area is 158 Å². The van der Waals surface area contributed by atoms with E-state index in [9.17, 15) is 9.59 Å². The molecule has 0 saturated heterocycles. The van der Waals surface area contributed by atoms with E-state index in [0.29, 0.717) is 15.8 Å². The van der Waals surface area contributed by atoms with Gasteiger partial charge in [-0.1, -0.05) is 23.7 Å². The maximum absolute atomic E-state index is 12.3. The van der Waals surface area contributed by atoms with Crippen molar-refractivity contribution in [1.82, 2.24) is 14.8 Å². The number of aryl methyl sites for hydroxylation is 2. The summed E-state index contributed by atoms with van der Waals surface area (Å²) >= 11 is 7.40. The smallest absolute Gasteiger partial charge is 0.267 e. The predicted octanol–water partition coefficient (Wildman–Crippen LogP) is 3.15. The summed E-state index contributed by atoms with van der Waals surface area (Å²) in [6.45, 7) is -0.162. The Morgan fingerprint density at radius 3 is 2.77 bits per heavy atom. The van der Waals surface area contributed by atoms with E-state index in [4.69, 9.17) is 11.6 Å². The molecule has 1 aromatic carbocycles. The van der Waals surface area contributed by atoms with Crippen LogP contribution in [-0.4, -0.2) is 20.7 Å². The van der Waals surface area contributed by atoms with Crippen molar-refractivity contribution in [2.75, 3.05) is 5.32 Å². The van der Waals surface area contributed by atoms with Gasteiger partial charge in [-0.15, -0.1) is 11.3 Å². The number of carbonyl (C=O) groups excluding carboxylic acids is 1. The lowest BCUT2D eigenvalue weighted by Crippen LogP contribution is -2.29. The number of carbonyl (C=O) groups is 1. The Morgan fingerprint density at radius 1 is 1.19 bits per heavy atom. The minimum atomic E-state index is -0.334. The number of hydrogen-bond acceptors (Lipinski definition) is 5. The van der Waals surface area contributed by atoms with Crippen molar-refractivity contribution in [2.45, 2.75) is 25.8 Å². The fraction of sp³-hybridized carbons (Fsp3) is 0.222. The molecule has 132 valence electrons. The van der Waals surface area contributed by atoms with Crippen LogP contribution in [0.25, 0.3) is 11.3 Å². The van der Waals surface area contributed by atoms with Crippen LogP contribution >= 0.6 is 22.9 Å². The van der Waals surface area contributed by atoms with Crippen molar-refractivity contribution < 1.29 is 4.79 Å². The highest BCUT2D eigenvalue weighted by atomic mass is 35.5. The lowest BCUT2D eigenvalue weighted by atomic mass is 10.1. The summed E-state index contributed by atoms with van der Waals surface area (Å²) in [5, 5.41) is 8.26. The Balaban J connectivity index is 1.51. The molecule has 0 fully saturated rings. The van der Waals surface area contributed by atoms with Crippen LogP contribution in [0, 0.1) is 0 Å². The van der Waals surface area contributed by atoms with Crippen molar-refractivity contribution in [1.29, 1.82) is 0 Å². The SMILES string of the molecule is O=C(Cn1nc(-c2ccc(Cl)cc2)ccc1=O)Nc1nc2c(s1)CCC2. The molecule has 0 aliphatic heterocycles. The van der Waals surface area contributed by atoms with Gasteiger partial charge in [0.2, 0.25) is 5.91 Å². The standard InChI is InChI=1S/C18H15ClN4O2S/c19-12-6-4-11(5-7-12)13-8-9-17(25)23(22-13)10-16(24)21-18-20-14-2-1-3-15(14)26-18/h4-9H,1-3,10H2,(H,20,21,24). The van der Waals surface area contributed by atoms with E-state index >= 15 is 0 Å². The van der Waals surface area contributed by atoms with Gasteiger partial charge < -0.3 is 5.32 Å². The van der Waals surface area contributed by atoms with Gasteiger partial charge in [0.05, 0.1) is 11.4 Å². The molecule has 26 heavy (non-hydrogen) atoms. The Bertz CT molecular complexity index is 1000. The van der Waals surface area contributed by atoms with Crippen molar-refractivity contribution in [3.05, 3.63) is 62.3 Å². The van der Waals surface area contributed by atoms with Gasteiger partial charge in [-0.3, -0.25) is 9.59 Å². The summed E-state index contributed by atoms with van der Waals surface area (Å²) in [5.74, 6) is -0.319. The first-order valence-electron chi connectivity index (χ1n) is 8.21. The second kappa shape index (κ2) is 7.01. The van der Waals surface area contributed by atoms with Crippen molar-refractivity contribution in [3.8, 4) is 11.3 Å². The van der Waals surface area contributed by atoms with E-state index in [0.717, 1.165) is 35.2 Å². The van der Waals surface area contributed by atoms with Gasteiger partial charge in [-0.05, 0) is 37.5 Å². The van der Waals surface area contributed by atoms with Gasteiger partial charge in [0.1, 0.15) is 6.54 Å². The molecule has 0 spiro atoms. The number of aromatic nitrogens is 3. The molecule has 1 amide bonds. The van der Waals surface area contributed by atoms with Crippen LogP contribution in [0.3, 0.4) is 0 Å². The zero-order chi connectivity index (χ0) is 18.1. The monoisotopic (exact) mass is 386 g/mol. The molecule has 0 radical (unpaired) electrons. The van der Waals surface area contributed by atoms with Gasteiger partial charge in [0.25, 0.3) is 5.56 Å². The van der Waals surface area contributed by atoms with Gasteiger partial charge in [-0.2, -0.15) is 5.10 Å². The number of benzene rings is 1. The first-order valence-corrected chi connectivity index (χ1v) is 9.40. The average molecular weight is 387 g/mol. The number of thiazole rings is 1. The fourth-order valence-electron chi connectivity index (χ4n) is 2.88. The molecule has 0 saturated carbocycles. The highest BCUT2D eigenvalue weighted by molar-refractivity contribution is 7.15. The predicted molar refractivity (Wildman–Crippen MR) is 102 cm³/mol. The Kier molecular flexibility index (Phi) is 4.57. The number of hydrogen-bond donors (Lipinski definition) is 1. The number of fused-ring (bicyclic) bond motifs is 1. The van der Waals surface area contributed by atoms with Crippen LogP contribution in [0.4, 0.5) is 5.13 Å². The number of nitrogens with one attached hydrogen (secondary N) is 1. The summed E-state index contributed by atoms with van der Waals surface area (Å²) in [7, 11) is 0. The van der Waals surface area contributed by atoms with Crippen molar-refractivity contribution in [3.63, 3.8) is 0 Å². The normalized spacial score (nSPS) is 12.8. The molecular formula is C18H15ClN4O2S. The average Bonchev–Trinajstić information content (AvgIpc) is 3.19. The van der Waals surface area contributed by atoms with Crippen molar-refractivity contribution >= 4 is 34.0 Å². The third-order valence-electron chi connectivity index (χ3n) is 4.14. The molecule has 3 aromatic rings. The quantitative estimate of drug-likeness (QED) is 0.747. The first kappa shape index (κ1) is 16.9. The van der Waals surface area contributed by atoms with E-state index in [1.807, 2.05) is 12.1 Å². The van der Waals surface area contributed by atoms with Gasteiger partial charge in [0.15, 0.2) is 5.13 Å². The summed E-state index contributed by atoms with van der Waals surface area (Å²) in [5.41, 5.74) is 2.16. The summed E-state index contributed by atoms with van der Waals surface area (Å²) in [4.78, 5) is 30.0. The Morgan fingerprint density at radius 2 is 2.00 bits per heavy atom. The van der Waals surface area contributed by atoms with Gasteiger partial charge in [0, 0.05) is 21.5 Å². The number of rotatable bonds is 4. The third kappa shape index (κ3) is 3.54. The molecular weight excluding hydrogens is 372 g/mol. The molecule has 2 aromatic heterocycles. The molecule has 0 bridgehead atoms. The highest BCUT2D eigenvalue weighted by Crippen LogP contribution is 2.30. The zero-order valence-electron chi connectivity index (χ0n) is 13.7. The lowest BCUT2D eigenvalue weighted by Gasteiger charge is -2.07. The molecule has 0 atom stereocenters. The van der Waals surface area contributed by atoms with Crippen LogP contribution in [-0.2, 0) is 24.2 Å². The fourth-order valence-corrected chi connectivity index (χ4v) is 4.07. The maximum atomic E-state index is 12.3. The second-order valence-corrected chi connectivity index (χ2v) is 7.53. The number of anilines is 1. The van der Waals surface area contributed by atoms with E-state index in [1.165, 1.54) is 22.3 Å². The van der Waals surface area contributed by atoms with Gasteiger partial charge >= 0.3 is 0 Å².